The number of aromatic nitrogens is 1. The fourth-order valence-electron chi connectivity index (χ4n) is 3.23. The highest BCUT2D eigenvalue weighted by Crippen LogP contribution is 2.40. The molecule has 0 unspecified atom stereocenters. The van der Waals surface area contributed by atoms with Crippen LogP contribution in [0, 0.1) is 0 Å². The van der Waals surface area contributed by atoms with E-state index in [-0.39, 0.29) is 0 Å². The summed E-state index contributed by atoms with van der Waals surface area (Å²) in [6.07, 6.45) is 3.56. The third kappa shape index (κ3) is 1.14. The molecule has 1 aliphatic carbocycles. The Morgan fingerprint density at radius 2 is 1.75 bits per heavy atom. The Hall–Kier alpha value is -2.74. The maximum absolute atomic E-state index is 5.33. The molecule has 0 saturated heterocycles. The van der Waals surface area contributed by atoms with Crippen molar-refractivity contribution in [2.45, 2.75) is 0 Å². The third-order valence-corrected chi connectivity index (χ3v) is 4.12. The van der Waals surface area contributed by atoms with Gasteiger partial charge in [0.1, 0.15) is 0 Å². The lowest BCUT2D eigenvalue weighted by molar-refractivity contribution is 0.552. The molecule has 0 atom stereocenters. The SMILES string of the molecule is c1ccc2c(c1)[nH]c1ccc3c4coccc-4cc3c12. The van der Waals surface area contributed by atoms with Crippen LogP contribution in [0.2, 0.25) is 0 Å². The van der Waals surface area contributed by atoms with Crippen molar-refractivity contribution in [2.24, 2.45) is 0 Å². The number of H-pyrrole nitrogens is 1. The first-order chi connectivity index (χ1) is 9.92. The van der Waals surface area contributed by atoms with E-state index in [0.29, 0.717) is 0 Å². The Kier molecular flexibility index (Phi) is 1.73. The molecule has 2 nitrogen and oxygen atoms in total. The van der Waals surface area contributed by atoms with E-state index in [1.165, 1.54) is 43.7 Å². The number of para-hydroxylation sites is 1. The van der Waals surface area contributed by atoms with Gasteiger partial charge in [-0.05, 0) is 40.6 Å². The van der Waals surface area contributed by atoms with Crippen LogP contribution in [0.3, 0.4) is 0 Å². The Bertz CT molecular complexity index is 1050. The number of nitrogens with one attached hydrogen (secondary N) is 1. The average molecular weight is 257 g/mol. The van der Waals surface area contributed by atoms with Crippen LogP contribution in [0.4, 0.5) is 0 Å². The maximum atomic E-state index is 5.33. The maximum Gasteiger partial charge on any atom is 0.0986 e. The van der Waals surface area contributed by atoms with Crippen molar-refractivity contribution in [2.75, 3.05) is 0 Å². The summed E-state index contributed by atoms with van der Waals surface area (Å²) in [7, 11) is 0. The van der Waals surface area contributed by atoms with Crippen molar-refractivity contribution in [1.29, 1.82) is 0 Å². The molecule has 1 aromatic heterocycles. The molecule has 20 heavy (non-hydrogen) atoms. The van der Waals surface area contributed by atoms with Gasteiger partial charge < -0.3 is 9.40 Å². The van der Waals surface area contributed by atoms with Gasteiger partial charge in [0.15, 0.2) is 0 Å². The summed E-state index contributed by atoms with van der Waals surface area (Å²) in [5.74, 6) is 0. The number of fused-ring (bicyclic) bond motifs is 7. The van der Waals surface area contributed by atoms with Gasteiger partial charge >= 0.3 is 0 Å². The molecule has 3 aromatic rings. The van der Waals surface area contributed by atoms with Crippen molar-refractivity contribution in [3.05, 3.63) is 61.1 Å². The van der Waals surface area contributed by atoms with Crippen LogP contribution in [-0.4, -0.2) is 4.98 Å². The predicted molar refractivity (Wildman–Crippen MR) is 82.2 cm³/mol. The van der Waals surface area contributed by atoms with Gasteiger partial charge in [0.25, 0.3) is 0 Å². The first-order valence-electron chi connectivity index (χ1n) is 6.70. The van der Waals surface area contributed by atoms with E-state index in [4.69, 9.17) is 4.42 Å². The molecular weight excluding hydrogens is 246 g/mol. The van der Waals surface area contributed by atoms with Crippen molar-refractivity contribution in [3.8, 4) is 11.1 Å². The van der Waals surface area contributed by atoms with Gasteiger partial charge in [0.05, 0.1) is 12.5 Å². The van der Waals surface area contributed by atoms with Crippen LogP contribution >= 0.6 is 0 Å². The predicted octanol–water partition coefficient (Wildman–Crippen LogP) is 5.17. The van der Waals surface area contributed by atoms with E-state index in [0.717, 1.165) is 0 Å². The highest BCUT2D eigenvalue weighted by Gasteiger charge is 2.14. The summed E-state index contributed by atoms with van der Waals surface area (Å²) in [5.41, 5.74) is 4.77. The molecular formula is C18H11NO. The molecule has 1 aliphatic heterocycles. The molecule has 94 valence electrons. The molecule has 0 saturated carbocycles. The van der Waals surface area contributed by atoms with Crippen LogP contribution in [0.15, 0.2) is 65.5 Å². The highest BCUT2D eigenvalue weighted by atomic mass is 16.3. The third-order valence-electron chi connectivity index (χ3n) is 4.12. The van der Waals surface area contributed by atoms with Crippen LogP contribution in [0.1, 0.15) is 0 Å². The van der Waals surface area contributed by atoms with Crippen LogP contribution in [0.25, 0.3) is 43.7 Å². The minimum absolute atomic E-state index is 1.18. The van der Waals surface area contributed by atoms with Gasteiger partial charge in [0.2, 0.25) is 0 Å². The lowest BCUT2D eigenvalue weighted by Gasteiger charge is -1.97. The number of benzene rings is 2. The molecule has 0 spiro atoms. The number of hydrogen-bond acceptors (Lipinski definition) is 1. The minimum Gasteiger partial charge on any atom is -0.472 e. The normalized spacial score (nSPS) is 12.0. The summed E-state index contributed by atoms with van der Waals surface area (Å²) in [6.45, 7) is 0. The monoisotopic (exact) mass is 257 g/mol. The summed E-state index contributed by atoms with van der Waals surface area (Å²) >= 11 is 0. The zero-order valence-corrected chi connectivity index (χ0v) is 10.7. The molecule has 0 amide bonds. The summed E-state index contributed by atoms with van der Waals surface area (Å²) in [4.78, 5) is 3.49. The highest BCUT2D eigenvalue weighted by molar-refractivity contribution is 6.23. The first kappa shape index (κ1) is 10.1. The van der Waals surface area contributed by atoms with E-state index >= 15 is 0 Å². The Balaban J connectivity index is 2.12. The zero-order chi connectivity index (χ0) is 13.1. The van der Waals surface area contributed by atoms with E-state index in [1.54, 1.807) is 6.26 Å². The lowest BCUT2D eigenvalue weighted by Crippen LogP contribution is -1.72. The fourth-order valence-corrected chi connectivity index (χ4v) is 3.23. The number of hydrogen-bond donors (Lipinski definition) is 1. The topological polar surface area (TPSA) is 28.9 Å². The van der Waals surface area contributed by atoms with Crippen molar-refractivity contribution in [1.82, 2.24) is 4.98 Å². The van der Waals surface area contributed by atoms with Gasteiger partial charge in [0, 0.05) is 27.4 Å². The van der Waals surface area contributed by atoms with E-state index in [9.17, 15) is 0 Å². The second kappa shape index (κ2) is 3.42. The Morgan fingerprint density at radius 3 is 2.75 bits per heavy atom. The summed E-state index contributed by atoms with van der Waals surface area (Å²) < 4.78 is 5.33. The van der Waals surface area contributed by atoms with Gasteiger partial charge in [-0.15, -0.1) is 0 Å². The van der Waals surface area contributed by atoms with Gasteiger partial charge in [-0.25, -0.2) is 0 Å². The van der Waals surface area contributed by atoms with Crippen LogP contribution < -0.4 is 0 Å². The Morgan fingerprint density at radius 1 is 0.800 bits per heavy atom. The van der Waals surface area contributed by atoms with Crippen molar-refractivity contribution >= 4 is 32.6 Å². The van der Waals surface area contributed by atoms with E-state index in [1.807, 2.05) is 12.3 Å². The summed E-state index contributed by atoms with van der Waals surface area (Å²) in [6, 6.07) is 17.1. The second-order valence-corrected chi connectivity index (χ2v) is 5.19. The molecule has 0 bridgehead atoms. The van der Waals surface area contributed by atoms with Crippen molar-refractivity contribution < 1.29 is 4.42 Å². The first-order valence-corrected chi connectivity index (χ1v) is 6.70. The molecule has 2 heteroatoms. The molecule has 2 heterocycles. The molecule has 5 rings (SSSR count). The fraction of sp³-hybridized carbons (Fsp3) is 0. The number of aromatic amines is 1. The smallest absolute Gasteiger partial charge is 0.0986 e. The van der Waals surface area contributed by atoms with Crippen LogP contribution in [-0.2, 0) is 0 Å². The summed E-state index contributed by atoms with van der Waals surface area (Å²) in [5, 5.41) is 5.12. The molecule has 2 aliphatic rings. The van der Waals surface area contributed by atoms with E-state index < -0.39 is 0 Å². The van der Waals surface area contributed by atoms with Gasteiger partial charge in [-0.3, -0.25) is 0 Å². The molecule has 1 N–H and O–H groups in total. The molecule has 2 aromatic carbocycles. The molecule has 0 radical (unpaired) electrons. The number of rotatable bonds is 0. The standard InChI is InChI=1S/C18H11NO/c1-2-4-16-13(3-1)18-14-9-11-7-8-20-10-15(11)12(14)5-6-17(18)19-16/h1-10,19H. The second-order valence-electron chi connectivity index (χ2n) is 5.19. The van der Waals surface area contributed by atoms with Gasteiger partial charge in [-0.1, -0.05) is 24.3 Å². The van der Waals surface area contributed by atoms with Crippen LogP contribution in [0.5, 0.6) is 0 Å². The average Bonchev–Trinajstić information content (AvgIpc) is 3.04. The Labute approximate surface area is 115 Å². The zero-order valence-electron chi connectivity index (χ0n) is 10.7. The van der Waals surface area contributed by atoms with Gasteiger partial charge in [-0.2, -0.15) is 0 Å². The van der Waals surface area contributed by atoms with Crippen molar-refractivity contribution in [3.63, 3.8) is 0 Å². The quantitative estimate of drug-likeness (QED) is 0.407. The van der Waals surface area contributed by atoms with E-state index in [2.05, 4.69) is 47.4 Å². The lowest BCUT2D eigenvalue weighted by atomic mass is 10.1. The largest absolute Gasteiger partial charge is 0.472 e. The minimum atomic E-state index is 1.18. The molecule has 0 fully saturated rings.